The molecule has 0 atom stereocenters. The van der Waals surface area contributed by atoms with Crippen LogP contribution >= 0.6 is 0 Å². The Labute approximate surface area is 153 Å². The first-order chi connectivity index (χ1) is 12.6. The van der Waals surface area contributed by atoms with E-state index in [1.54, 1.807) is 6.20 Å². The van der Waals surface area contributed by atoms with Crippen LogP contribution in [0, 0.1) is 0 Å². The number of aromatic nitrogens is 1. The number of rotatable bonds is 9. The average Bonchev–Trinajstić information content (AvgIpc) is 2.61. The molecule has 0 saturated heterocycles. The predicted octanol–water partition coefficient (Wildman–Crippen LogP) is 4.51. The molecule has 5 heteroatoms. The second-order valence-corrected chi connectivity index (χ2v) is 6.11. The van der Waals surface area contributed by atoms with Gasteiger partial charge in [0.2, 0.25) is 5.91 Å². The van der Waals surface area contributed by atoms with E-state index >= 15 is 0 Å². The van der Waals surface area contributed by atoms with Gasteiger partial charge in [-0.05, 0) is 48.6 Å². The molecule has 1 heterocycles. The topological polar surface area (TPSA) is 79.3 Å². The Morgan fingerprint density at radius 1 is 1.12 bits per heavy atom. The van der Waals surface area contributed by atoms with Crippen molar-refractivity contribution in [1.82, 2.24) is 4.98 Å². The van der Waals surface area contributed by atoms with Crippen LogP contribution in [0.15, 0.2) is 54.9 Å². The van der Waals surface area contributed by atoms with Crippen LogP contribution in [0.3, 0.4) is 0 Å². The molecule has 0 aliphatic heterocycles. The number of nitrogens with zero attached hydrogens (tertiary/aromatic N) is 1. The van der Waals surface area contributed by atoms with Crippen LogP contribution < -0.4 is 5.32 Å². The van der Waals surface area contributed by atoms with Gasteiger partial charge in [-0.2, -0.15) is 0 Å². The van der Waals surface area contributed by atoms with Crippen LogP contribution in [0.2, 0.25) is 0 Å². The first-order valence-electron chi connectivity index (χ1n) is 8.76. The molecule has 0 bridgehead atoms. The number of hydrogen-bond donors (Lipinski definition) is 2. The van der Waals surface area contributed by atoms with Gasteiger partial charge in [-0.1, -0.05) is 30.7 Å². The molecule has 0 radical (unpaired) electrons. The third-order valence-electron chi connectivity index (χ3n) is 3.91. The number of allylic oxidation sites excluding steroid dienone is 1. The summed E-state index contributed by atoms with van der Waals surface area (Å²) < 4.78 is 0. The summed E-state index contributed by atoms with van der Waals surface area (Å²) in [4.78, 5) is 26.1. The van der Waals surface area contributed by atoms with Crippen LogP contribution in [-0.4, -0.2) is 22.0 Å². The Morgan fingerprint density at radius 3 is 2.62 bits per heavy atom. The lowest BCUT2D eigenvalue weighted by Crippen LogP contribution is -2.05. The maximum Gasteiger partial charge on any atom is 0.303 e. The molecule has 2 N–H and O–H groups in total. The van der Waals surface area contributed by atoms with Crippen molar-refractivity contribution < 1.29 is 14.7 Å². The third kappa shape index (κ3) is 6.51. The van der Waals surface area contributed by atoms with E-state index < -0.39 is 5.97 Å². The average molecular weight is 352 g/mol. The minimum absolute atomic E-state index is 0.104. The summed E-state index contributed by atoms with van der Waals surface area (Å²) in [5, 5.41) is 11.5. The monoisotopic (exact) mass is 352 g/mol. The predicted molar refractivity (Wildman–Crippen MR) is 103 cm³/mol. The van der Waals surface area contributed by atoms with E-state index in [0.717, 1.165) is 41.6 Å². The Balaban J connectivity index is 2.15. The number of pyridine rings is 1. The maximum absolute atomic E-state index is 11.3. The van der Waals surface area contributed by atoms with Gasteiger partial charge in [-0.15, -0.1) is 0 Å². The standard InChI is InChI=1S/C21H24N2O3/c1-16(24)23-19-10-6-8-17(14-19)20(18-9-7-13-22-15-18)11-4-2-3-5-12-21(25)26/h6-11,13-15H,2-5,12H2,1H3,(H,23,24)(H,25,26)/b20-11+. The van der Waals surface area contributed by atoms with Crippen molar-refractivity contribution in [3.05, 3.63) is 66.0 Å². The highest BCUT2D eigenvalue weighted by Gasteiger charge is 2.07. The molecule has 0 unspecified atom stereocenters. The maximum atomic E-state index is 11.3. The lowest BCUT2D eigenvalue weighted by molar-refractivity contribution is -0.137. The molecule has 136 valence electrons. The summed E-state index contributed by atoms with van der Waals surface area (Å²) in [6.07, 6.45) is 9.31. The summed E-state index contributed by atoms with van der Waals surface area (Å²) in [5.41, 5.74) is 3.84. The Morgan fingerprint density at radius 2 is 1.92 bits per heavy atom. The van der Waals surface area contributed by atoms with E-state index in [2.05, 4.69) is 16.4 Å². The highest BCUT2D eigenvalue weighted by molar-refractivity contribution is 5.90. The van der Waals surface area contributed by atoms with Crippen LogP contribution in [0.4, 0.5) is 5.69 Å². The van der Waals surface area contributed by atoms with E-state index in [0.29, 0.717) is 6.42 Å². The van der Waals surface area contributed by atoms with Gasteiger partial charge in [0.25, 0.3) is 0 Å². The van der Waals surface area contributed by atoms with Gasteiger partial charge in [0.1, 0.15) is 0 Å². The Kier molecular flexibility index (Phi) is 7.55. The zero-order valence-corrected chi connectivity index (χ0v) is 14.9. The fourth-order valence-corrected chi connectivity index (χ4v) is 2.74. The lowest BCUT2D eigenvalue weighted by atomic mass is 9.97. The molecule has 0 aliphatic carbocycles. The highest BCUT2D eigenvalue weighted by Crippen LogP contribution is 2.26. The van der Waals surface area contributed by atoms with Gasteiger partial charge in [0.05, 0.1) is 0 Å². The molecule has 2 aromatic rings. The summed E-state index contributed by atoms with van der Waals surface area (Å²) in [6.45, 7) is 1.49. The molecule has 0 fully saturated rings. The van der Waals surface area contributed by atoms with Gasteiger partial charge in [0, 0.05) is 37.0 Å². The van der Waals surface area contributed by atoms with E-state index in [-0.39, 0.29) is 12.3 Å². The second kappa shape index (κ2) is 10.1. The number of benzene rings is 1. The molecule has 0 aliphatic rings. The Bertz CT molecular complexity index is 770. The molecule has 1 amide bonds. The minimum Gasteiger partial charge on any atom is -0.481 e. The van der Waals surface area contributed by atoms with Crippen LogP contribution in [-0.2, 0) is 9.59 Å². The third-order valence-corrected chi connectivity index (χ3v) is 3.91. The van der Waals surface area contributed by atoms with Gasteiger partial charge < -0.3 is 10.4 Å². The molecule has 1 aromatic heterocycles. The summed E-state index contributed by atoms with van der Waals surface area (Å²) in [7, 11) is 0. The van der Waals surface area contributed by atoms with Gasteiger partial charge >= 0.3 is 5.97 Å². The van der Waals surface area contributed by atoms with Crippen molar-refractivity contribution in [3.8, 4) is 0 Å². The van der Waals surface area contributed by atoms with Gasteiger partial charge in [-0.3, -0.25) is 14.6 Å². The molecule has 0 spiro atoms. The molecule has 2 rings (SSSR count). The molecular weight excluding hydrogens is 328 g/mol. The number of amides is 1. The quantitative estimate of drug-likeness (QED) is 0.651. The normalized spacial score (nSPS) is 11.2. The van der Waals surface area contributed by atoms with Gasteiger partial charge in [-0.25, -0.2) is 0 Å². The number of carboxylic acid groups (broad SMARTS) is 1. The Hall–Kier alpha value is -2.95. The number of anilines is 1. The fraction of sp³-hybridized carbons (Fsp3) is 0.286. The fourth-order valence-electron chi connectivity index (χ4n) is 2.74. The summed E-state index contributed by atoms with van der Waals surface area (Å²) in [5.74, 6) is -0.848. The van der Waals surface area contributed by atoms with E-state index in [9.17, 15) is 9.59 Å². The van der Waals surface area contributed by atoms with E-state index in [1.165, 1.54) is 6.92 Å². The molecular formula is C21H24N2O3. The molecule has 0 saturated carbocycles. The van der Waals surface area contributed by atoms with Gasteiger partial charge in [0.15, 0.2) is 0 Å². The molecule has 1 aromatic carbocycles. The van der Waals surface area contributed by atoms with Crippen molar-refractivity contribution in [2.75, 3.05) is 5.32 Å². The largest absolute Gasteiger partial charge is 0.481 e. The number of nitrogens with one attached hydrogen (secondary N) is 1. The second-order valence-electron chi connectivity index (χ2n) is 6.11. The minimum atomic E-state index is -0.744. The first-order valence-corrected chi connectivity index (χ1v) is 8.76. The van der Waals surface area contributed by atoms with Crippen molar-refractivity contribution in [1.29, 1.82) is 0 Å². The van der Waals surface area contributed by atoms with Crippen LogP contribution in [0.1, 0.15) is 50.2 Å². The smallest absolute Gasteiger partial charge is 0.303 e. The van der Waals surface area contributed by atoms with E-state index in [4.69, 9.17) is 5.11 Å². The van der Waals surface area contributed by atoms with Crippen molar-refractivity contribution >= 4 is 23.1 Å². The SMILES string of the molecule is CC(=O)Nc1cccc(/C(=C\CCCCCC(=O)O)c2cccnc2)c1. The number of hydrogen-bond acceptors (Lipinski definition) is 3. The van der Waals surface area contributed by atoms with Crippen LogP contribution in [0.5, 0.6) is 0 Å². The summed E-state index contributed by atoms with van der Waals surface area (Å²) in [6, 6.07) is 11.6. The van der Waals surface area contributed by atoms with E-state index in [1.807, 2.05) is 42.6 Å². The van der Waals surface area contributed by atoms with Crippen molar-refractivity contribution in [2.45, 2.75) is 39.0 Å². The van der Waals surface area contributed by atoms with Crippen molar-refractivity contribution in [2.24, 2.45) is 0 Å². The van der Waals surface area contributed by atoms with Crippen LogP contribution in [0.25, 0.3) is 5.57 Å². The number of carbonyl (C=O) groups is 2. The zero-order chi connectivity index (χ0) is 18.8. The van der Waals surface area contributed by atoms with Crippen molar-refractivity contribution in [3.63, 3.8) is 0 Å². The molecule has 26 heavy (non-hydrogen) atoms. The number of unbranched alkanes of at least 4 members (excludes halogenated alkanes) is 3. The zero-order valence-electron chi connectivity index (χ0n) is 14.9. The number of carbonyl (C=O) groups excluding carboxylic acids is 1. The first kappa shape index (κ1) is 19.4. The summed E-state index contributed by atoms with van der Waals surface area (Å²) >= 11 is 0. The number of aliphatic carboxylic acids is 1. The highest BCUT2D eigenvalue weighted by atomic mass is 16.4. The lowest BCUT2D eigenvalue weighted by Gasteiger charge is -2.11. The molecule has 5 nitrogen and oxygen atoms in total. The number of carboxylic acids is 1.